The maximum atomic E-state index is 9.86. The van der Waals surface area contributed by atoms with E-state index in [1.54, 1.807) is 19.9 Å². The number of allylic oxidation sites excluding steroid dienone is 1. The van der Waals surface area contributed by atoms with E-state index in [-0.39, 0.29) is 0 Å². The molecule has 4 unspecified atom stereocenters. The molecule has 7 N–H and O–H groups in total. The summed E-state index contributed by atoms with van der Waals surface area (Å²) < 4.78 is 0. The van der Waals surface area contributed by atoms with Crippen LogP contribution in [0.15, 0.2) is 11.6 Å². The first kappa shape index (κ1) is 20.3. The Morgan fingerprint density at radius 3 is 1.42 bits per heavy atom. The molecule has 0 aromatic carbocycles. The third-order valence-corrected chi connectivity index (χ3v) is 2.28. The summed E-state index contributed by atoms with van der Waals surface area (Å²) in [5.74, 6) is -0.845. The number of carbonyl (C=O) groups is 1. The number of carboxylic acids is 1. The van der Waals surface area contributed by atoms with E-state index in [2.05, 4.69) is 0 Å². The van der Waals surface area contributed by atoms with Gasteiger partial charge >= 0.3 is 5.97 Å². The minimum absolute atomic E-state index is 0.389. The van der Waals surface area contributed by atoms with Crippen LogP contribution in [-0.4, -0.2) is 79.3 Å². The van der Waals surface area contributed by atoms with Gasteiger partial charge in [-0.3, -0.25) is 0 Å². The molecule has 0 fully saturated rings. The lowest BCUT2D eigenvalue weighted by Crippen LogP contribution is -2.46. The van der Waals surface area contributed by atoms with Crippen LogP contribution in [0.25, 0.3) is 0 Å². The summed E-state index contributed by atoms with van der Waals surface area (Å²) in [5.41, 5.74) is 0.389. The van der Waals surface area contributed by atoms with Gasteiger partial charge in [-0.1, -0.05) is 6.08 Å². The Kier molecular flexibility index (Phi) is 11.6. The van der Waals surface area contributed by atoms with Crippen LogP contribution >= 0.6 is 0 Å². The van der Waals surface area contributed by atoms with Gasteiger partial charge in [0, 0.05) is 5.57 Å². The molecule has 0 spiro atoms. The third kappa shape index (κ3) is 8.65. The summed E-state index contributed by atoms with van der Waals surface area (Å²) in [6.07, 6.45) is -4.83. The summed E-state index contributed by atoms with van der Waals surface area (Å²) in [6, 6.07) is 0. The van der Waals surface area contributed by atoms with Crippen LogP contribution in [0.2, 0.25) is 0 Å². The summed E-state index contributed by atoms with van der Waals surface area (Å²) in [4.78, 5) is 9.86. The minimum Gasteiger partial charge on any atom is -0.478 e. The van der Waals surface area contributed by atoms with E-state index in [1.165, 1.54) is 0 Å². The highest BCUT2D eigenvalue weighted by Gasteiger charge is 2.29. The number of aliphatic hydroxyl groups excluding tert-OH is 6. The fraction of sp³-hybridized carbons (Fsp3) is 0.727. The van der Waals surface area contributed by atoms with Gasteiger partial charge in [0.15, 0.2) is 0 Å². The second-order valence-corrected chi connectivity index (χ2v) is 3.76. The number of aliphatic carboxylic acids is 1. The van der Waals surface area contributed by atoms with E-state index in [1.807, 2.05) is 0 Å². The Morgan fingerprint density at radius 1 is 1.00 bits per heavy atom. The van der Waals surface area contributed by atoms with Crippen LogP contribution in [0.5, 0.6) is 0 Å². The van der Waals surface area contributed by atoms with Crippen LogP contribution < -0.4 is 0 Å². The molecule has 0 amide bonds. The van der Waals surface area contributed by atoms with Crippen molar-refractivity contribution in [3.8, 4) is 0 Å². The molecule has 8 heteroatoms. The highest BCUT2D eigenvalue weighted by Crippen LogP contribution is 2.04. The Hall–Kier alpha value is -1.03. The molecule has 4 atom stereocenters. The molecule has 0 radical (unpaired) electrons. The largest absolute Gasteiger partial charge is 0.478 e. The first-order valence-electron chi connectivity index (χ1n) is 5.53. The average molecular weight is 282 g/mol. The smallest absolute Gasteiger partial charge is 0.330 e. The first-order chi connectivity index (χ1) is 8.72. The average Bonchev–Trinajstić information content (AvgIpc) is 2.43. The first-order valence-corrected chi connectivity index (χ1v) is 5.53. The summed E-state index contributed by atoms with van der Waals surface area (Å²) in [6.45, 7) is 1.80. The summed E-state index contributed by atoms with van der Waals surface area (Å²) >= 11 is 0. The van der Waals surface area contributed by atoms with E-state index in [0.717, 1.165) is 0 Å². The highest BCUT2D eigenvalue weighted by molar-refractivity contribution is 5.85. The molecule has 0 heterocycles. The van der Waals surface area contributed by atoms with Crippen molar-refractivity contribution >= 4 is 5.97 Å². The predicted molar refractivity (Wildman–Crippen MR) is 65.3 cm³/mol. The van der Waals surface area contributed by atoms with Crippen molar-refractivity contribution in [2.75, 3.05) is 13.2 Å². The quantitative estimate of drug-likeness (QED) is 0.262. The number of hydrogen-bond donors (Lipinski definition) is 7. The lowest BCUT2D eigenvalue weighted by atomic mass is 10.0. The Labute approximate surface area is 110 Å². The third-order valence-electron chi connectivity index (χ3n) is 2.28. The highest BCUT2D eigenvalue weighted by atomic mass is 16.4. The molecule has 19 heavy (non-hydrogen) atoms. The molecule has 0 aliphatic heterocycles. The maximum Gasteiger partial charge on any atom is 0.330 e. The normalized spacial score (nSPS) is 17.8. The molecule has 0 saturated heterocycles. The fourth-order valence-electron chi connectivity index (χ4n) is 0.795. The predicted octanol–water partition coefficient (Wildman–Crippen LogP) is -2.55. The van der Waals surface area contributed by atoms with Crippen molar-refractivity contribution in [3.63, 3.8) is 0 Å². The van der Waals surface area contributed by atoms with E-state index in [9.17, 15) is 4.79 Å². The number of aliphatic hydroxyl groups is 6. The molecule has 0 bridgehead atoms. The fourth-order valence-corrected chi connectivity index (χ4v) is 0.795. The van der Waals surface area contributed by atoms with E-state index >= 15 is 0 Å². The van der Waals surface area contributed by atoms with Crippen molar-refractivity contribution in [2.24, 2.45) is 0 Å². The van der Waals surface area contributed by atoms with Gasteiger partial charge < -0.3 is 35.7 Å². The molecular formula is C11H22O8. The molecule has 0 rings (SSSR count). The zero-order valence-electron chi connectivity index (χ0n) is 10.8. The molecule has 0 aliphatic carbocycles. The Bertz CT molecular complexity index is 264. The standard InChI is InChI=1S/C6H14O6.C5H8O2/c7-1-3(9)5(11)6(12)4(10)2-8;1-3-4(2)5(6)7/h3-12H,1-2H2;3H,1-2H3,(H,6,7). The lowest BCUT2D eigenvalue weighted by molar-refractivity contribution is -0.132. The monoisotopic (exact) mass is 282 g/mol. The van der Waals surface area contributed by atoms with E-state index in [4.69, 9.17) is 35.7 Å². The molecule has 8 nitrogen and oxygen atoms in total. The minimum atomic E-state index is -1.67. The number of hydrogen-bond acceptors (Lipinski definition) is 7. The van der Waals surface area contributed by atoms with Gasteiger partial charge in [0.25, 0.3) is 0 Å². The van der Waals surface area contributed by atoms with Crippen molar-refractivity contribution in [1.29, 1.82) is 0 Å². The lowest BCUT2D eigenvalue weighted by Gasteiger charge is -2.24. The molecule has 0 saturated carbocycles. The topological polar surface area (TPSA) is 159 Å². The number of rotatable bonds is 6. The number of carboxylic acid groups (broad SMARTS) is 1. The van der Waals surface area contributed by atoms with Gasteiger partial charge in [-0.15, -0.1) is 0 Å². The zero-order chi connectivity index (χ0) is 15.6. The van der Waals surface area contributed by atoms with Gasteiger partial charge in [-0.05, 0) is 13.8 Å². The van der Waals surface area contributed by atoms with Crippen LogP contribution in [0.3, 0.4) is 0 Å². The van der Waals surface area contributed by atoms with Crippen molar-refractivity contribution in [2.45, 2.75) is 38.3 Å². The van der Waals surface area contributed by atoms with Crippen molar-refractivity contribution in [1.82, 2.24) is 0 Å². The van der Waals surface area contributed by atoms with Crippen LogP contribution in [0.4, 0.5) is 0 Å². The molecule has 0 aromatic rings. The summed E-state index contributed by atoms with van der Waals surface area (Å²) in [7, 11) is 0. The SMILES string of the molecule is CC=C(C)C(=O)O.OCC(O)C(O)C(O)C(O)CO. The Morgan fingerprint density at radius 2 is 1.32 bits per heavy atom. The molecule has 114 valence electrons. The van der Waals surface area contributed by atoms with Gasteiger partial charge in [0.05, 0.1) is 13.2 Å². The van der Waals surface area contributed by atoms with Gasteiger partial charge in [-0.2, -0.15) is 0 Å². The van der Waals surface area contributed by atoms with Gasteiger partial charge in [0.2, 0.25) is 0 Å². The second kappa shape index (κ2) is 10.9. The molecular weight excluding hydrogens is 260 g/mol. The van der Waals surface area contributed by atoms with Crippen LogP contribution in [0, 0.1) is 0 Å². The van der Waals surface area contributed by atoms with Crippen molar-refractivity contribution in [3.05, 3.63) is 11.6 Å². The van der Waals surface area contributed by atoms with Gasteiger partial charge in [0.1, 0.15) is 24.4 Å². The molecule has 0 aromatic heterocycles. The second-order valence-electron chi connectivity index (χ2n) is 3.76. The Balaban J connectivity index is 0. The van der Waals surface area contributed by atoms with E-state index < -0.39 is 43.6 Å². The van der Waals surface area contributed by atoms with Gasteiger partial charge in [-0.25, -0.2) is 4.79 Å². The van der Waals surface area contributed by atoms with Crippen LogP contribution in [-0.2, 0) is 4.79 Å². The van der Waals surface area contributed by atoms with Crippen molar-refractivity contribution < 1.29 is 40.5 Å². The maximum absolute atomic E-state index is 9.86. The summed E-state index contributed by atoms with van der Waals surface area (Å²) in [5, 5.41) is 60.3. The van der Waals surface area contributed by atoms with E-state index in [0.29, 0.717) is 5.57 Å². The van der Waals surface area contributed by atoms with Crippen LogP contribution in [0.1, 0.15) is 13.8 Å². The zero-order valence-corrected chi connectivity index (χ0v) is 10.8. The molecule has 0 aliphatic rings.